The van der Waals surface area contributed by atoms with E-state index in [1.165, 1.54) is 11.3 Å². The van der Waals surface area contributed by atoms with Gasteiger partial charge in [0.05, 0.1) is 13.2 Å². The Bertz CT molecular complexity index is 825. The van der Waals surface area contributed by atoms with Crippen LogP contribution in [0.2, 0.25) is 0 Å². The van der Waals surface area contributed by atoms with Gasteiger partial charge in [0.1, 0.15) is 11.1 Å². The molecular formula is C18H18N4O3S. The van der Waals surface area contributed by atoms with Gasteiger partial charge in [-0.05, 0) is 17.2 Å². The molecule has 7 nitrogen and oxygen atoms in total. The van der Waals surface area contributed by atoms with E-state index in [1.54, 1.807) is 18.6 Å². The number of thiazole rings is 1. The Morgan fingerprint density at radius 2 is 2.04 bits per heavy atom. The van der Waals surface area contributed by atoms with Crippen molar-refractivity contribution < 1.29 is 14.7 Å². The minimum absolute atomic E-state index is 0.0210. The summed E-state index contributed by atoms with van der Waals surface area (Å²) in [6, 6.07) is 10.3. The molecule has 26 heavy (non-hydrogen) atoms. The first-order chi connectivity index (χ1) is 12.6. The molecule has 0 spiro atoms. The molecule has 0 aliphatic rings. The summed E-state index contributed by atoms with van der Waals surface area (Å²) in [5, 5.41) is 12.7. The Balaban J connectivity index is 1.78. The SMILES string of the molecule is NC(=O)N(O)Cc1ccc(C(OCc2nccs2)c2cccnc2)cc1. The highest BCUT2D eigenvalue weighted by Gasteiger charge is 2.16. The number of rotatable bonds is 7. The number of nitrogens with two attached hydrogens (primary N) is 1. The highest BCUT2D eigenvalue weighted by molar-refractivity contribution is 7.09. The molecule has 0 aliphatic carbocycles. The van der Waals surface area contributed by atoms with E-state index in [-0.39, 0.29) is 12.6 Å². The van der Waals surface area contributed by atoms with Gasteiger partial charge in [0, 0.05) is 29.5 Å². The minimum atomic E-state index is -0.894. The van der Waals surface area contributed by atoms with Crippen LogP contribution in [0.4, 0.5) is 4.79 Å². The molecule has 134 valence electrons. The molecule has 1 unspecified atom stereocenters. The number of hydrogen-bond donors (Lipinski definition) is 2. The van der Waals surface area contributed by atoms with Crippen molar-refractivity contribution in [2.75, 3.05) is 0 Å². The van der Waals surface area contributed by atoms with Crippen LogP contribution in [0.3, 0.4) is 0 Å². The fourth-order valence-electron chi connectivity index (χ4n) is 2.44. The molecule has 0 radical (unpaired) electrons. The molecule has 0 fully saturated rings. The second-order valence-corrected chi connectivity index (χ2v) is 6.52. The summed E-state index contributed by atoms with van der Waals surface area (Å²) in [7, 11) is 0. The largest absolute Gasteiger partial charge is 0.362 e. The summed E-state index contributed by atoms with van der Waals surface area (Å²) < 4.78 is 6.09. The molecule has 1 aromatic carbocycles. The van der Waals surface area contributed by atoms with Crippen molar-refractivity contribution in [3.8, 4) is 0 Å². The first-order valence-electron chi connectivity index (χ1n) is 7.88. The fraction of sp³-hybridized carbons (Fsp3) is 0.167. The van der Waals surface area contributed by atoms with E-state index in [9.17, 15) is 10.0 Å². The molecule has 0 bridgehead atoms. The maximum Gasteiger partial charge on any atom is 0.338 e. The predicted octanol–water partition coefficient (Wildman–Crippen LogP) is 3.11. The summed E-state index contributed by atoms with van der Waals surface area (Å²) in [6.45, 7) is 0.415. The second-order valence-electron chi connectivity index (χ2n) is 5.54. The number of urea groups is 1. The maximum atomic E-state index is 10.9. The van der Waals surface area contributed by atoms with Gasteiger partial charge >= 0.3 is 6.03 Å². The molecule has 2 amide bonds. The lowest BCUT2D eigenvalue weighted by Gasteiger charge is -2.19. The van der Waals surface area contributed by atoms with E-state index < -0.39 is 6.03 Å². The number of amides is 2. The number of benzene rings is 1. The number of primary amides is 1. The third kappa shape index (κ3) is 4.63. The van der Waals surface area contributed by atoms with Crippen molar-refractivity contribution in [3.63, 3.8) is 0 Å². The quantitative estimate of drug-likeness (QED) is 0.491. The Morgan fingerprint density at radius 1 is 1.23 bits per heavy atom. The van der Waals surface area contributed by atoms with Gasteiger partial charge in [-0.2, -0.15) is 0 Å². The van der Waals surface area contributed by atoms with Crippen LogP contribution in [0.5, 0.6) is 0 Å². The lowest BCUT2D eigenvalue weighted by atomic mass is 10.0. The summed E-state index contributed by atoms with van der Waals surface area (Å²) in [5.74, 6) is 0. The van der Waals surface area contributed by atoms with Gasteiger partial charge in [0.25, 0.3) is 0 Å². The highest BCUT2D eigenvalue weighted by atomic mass is 32.1. The normalized spacial score (nSPS) is 11.9. The molecule has 0 saturated carbocycles. The van der Waals surface area contributed by atoms with Gasteiger partial charge < -0.3 is 10.5 Å². The van der Waals surface area contributed by atoms with Gasteiger partial charge in [0.2, 0.25) is 0 Å². The molecule has 8 heteroatoms. The lowest BCUT2D eigenvalue weighted by Crippen LogP contribution is -2.31. The summed E-state index contributed by atoms with van der Waals surface area (Å²) in [4.78, 5) is 19.3. The zero-order valence-corrected chi connectivity index (χ0v) is 14.7. The number of aromatic nitrogens is 2. The highest BCUT2D eigenvalue weighted by Crippen LogP contribution is 2.27. The smallest absolute Gasteiger partial charge is 0.338 e. The Kier molecular flexibility index (Phi) is 5.90. The van der Waals surface area contributed by atoms with Crippen LogP contribution in [-0.2, 0) is 17.9 Å². The maximum absolute atomic E-state index is 10.9. The van der Waals surface area contributed by atoms with E-state index in [1.807, 2.05) is 41.8 Å². The van der Waals surface area contributed by atoms with Crippen molar-refractivity contribution in [1.82, 2.24) is 15.0 Å². The number of carbonyl (C=O) groups excluding carboxylic acids is 1. The van der Waals surface area contributed by atoms with Crippen LogP contribution in [0, 0.1) is 0 Å². The Labute approximate surface area is 154 Å². The standard InChI is InChI=1S/C18H18N4O3S/c19-18(23)22(24)11-13-3-5-14(6-4-13)17(15-2-1-7-20-10-15)25-12-16-21-8-9-26-16/h1-10,17,24H,11-12H2,(H2,19,23). The number of hydroxylamine groups is 2. The van der Waals surface area contributed by atoms with Crippen molar-refractivity contribution in [1.29, 1.82) is 0 Å². The third-order valence-electron chi connectivity index (χ3n) is 3.71. The molecule has 3 rings (SSSR count). The first kappa shape index (κ1) is 18.0. The van der Waals surface area contributed by atoms with Crippen molar-refractivity contribution >= 4 is 17.4 Å². The number of ether oxygens (including phenoxy) is 1. The van der Waals surface area contributed by atoms with Gasteiger partial charge in [-0.1, -0.05) is 30.3 Å². The lowest BCUT2D eigenvalue weighted by molar-refractivity contribution is -0.0470. The Hall–Kier alpha value is -2.81. The monoisotopic (exact) mass is 370 g/mol. The van der Waals surface area contributed by atoms with Gasteiger partial charge in [0.15, 0.2) is 0 Å². The molecule has 1 atom stereocenters. The number of hydrogen-bond acceptors (Lipinski definition) is 6. The number of nitrogens with zero attached hydrogens (tertiary/aromatic N) is 3. The van der Waals surface area contributed by atoms with E-state index >= 15 is 0 Å². The molecule has 0 saturated heterocycles. The van der Waals surface area contributed by atoms with Crippen LogP contribution in [-0.4, -0.2) is 26.3 Å². The number of pyridine rings is 1. The first-order valence-corrected chi connectivity index (χ1v) is 8.76. The van der Waals surface area contributed by atoms with Crippen molar-refractivity contribution in [2.24, 2.45) is 5.73 Å². The van der Waals surface area contributed by atoms with Crippen molar-refractivity contribution in [3.05, 3.63) is 82.1 Å². The summed E-state index contributed by atoms with van der Waals surface area (Å²) >= 11 is 1.54. The average Bonchev–Trinajstić information content (AvgIpc) is 3.17. The van der Waals surface area contributed by atoms with E-state index in [0.29, 0.717) is 11.7 Å². The molecule has 3 aromatic rings. The fourth-order valence-corrected chi connectivity index (χ4v) is 2.98. The zero-order chi connectivity index (χ0) is 18.4. The van der Waals surface area contributed by atoms with Crippen LogP contribution in [0.15, 0.2) is 60.4 Å². The predicted molar refractivity (Wildman–Crippen MR) is 96.3 cm³/mol. The molecule has 0 aliphatic heterocycles. The number of carbonyl (C=O) groups is 1. The van der Waals surface area contributed by atoms with Crippen LogP contribution < -0.4 is 5.73 Å². The van der Waals surface area contributed by atoms with Crippen LogP contribution in [0.25, 0.3) is 0 Å². The molecule has 2 aromatic heterocycles. The van der Waals surface area contributed by atoms with E-state index in [2.05, 4.69) is 9.97 Å². The van der Waals surface area contributed by atoms with Gasteiger partial charge in [-0.15, -0.1) is 11.3 Å². The van der Waals surface area contributed by atoms with E-state index in [4.69, 9.17) is 10.5 Å². The van der Waals surface area contributed by atoms with Gasteiger partial charge in [-0.25, -0.2) is 14.8 Å². The van der Waals surface area contributed by atoms with Crippen LogP contribution in [0.1, 0.15) is 27.8 Å². The van der Waals surface area contributed by atoms with Gasteiger partial charge in [-0.3, -0.25) is 10.2 Å². The molecule has 3 N–H and O–H groups in total. The van der Waals surface area contributed by atoms with Crippen LogP contribution >= 0.6 is 11.3 Å². The Morgan fingerprint density at radius 3 is 2.65 bits per heavy atom. The van der Waals surface area contributed by atoms with E-state index in [0.717, 1.165) is 21.7 Å². The third-order valence-corrected chi connectivity index (χ3v) is 4.47. The zero-order valence-electron chi connectivity index (χ0n) is 13.9. The molecule has 2 heterocycles. The topological polar surface area (TPSA) is 102 Å². The van der Waals surface area contributed by atoms with Crippen molar-refractivity contribution in [2.45, 2.75) is 19.3 Å². The minimum Gasteiger partial charge on any atom is -0.362 e. The second kappa shape index (κ2) is 8.52. The summed E-state index contributed by atoms with van der Waals surface area (Å²) in [5.41, 5.74) is 7.64. The average molecular weight is 370 g/mol. The summed E-state index contributed by atoms with van der Waals surface area (Å²) in [6.07, 6.45) is 4.92. The molecular weight excluding hydrogens is 352 g/mol.